The molecule has 3 aromatic rings. The molecule has 0 bridgehead atoms. The highest BCUT2D eigenvalue weighted by Gasteiger charge is 2.09. The number of hydrazone groups is 1. The molecular weight excluding hydrogens is 432 g/mol. The minimum atomic E-state index is -0.531. The van der Waals surface area contributed by atoms with E-state index >= 15 is 0 Å². The third-order valence-corrected chi connectivity index (χ3v) is 4.47. The van der Waals surface area contributed by atoms with Crippen LogP contribution in [0.25, 0.3) is 6.08 Å². The van der Waals surface area contributed by atoms with Gasteiger partial charge < -0.3 is 14.2 Å². The van der Waals surface area contributed by atoms with Gasteiger partial charge in [-0.05, 0) is 59.7 Å². The van der Waals surface area contributed by atoms with E-state index in [9.17, 15) is 9.59 Å². The van der Waals surface area contributed by atoms with Crippen LogP contribution in [0.1, 0.15) is 21.5 Å². The number of carbonyl (C=O) groups excluding carboxylic acids is 2. The van der Waals surface area contributed by atoms with Gasteiger partial charge in [-0.1, -0.05) is 43.0 Å². The van der Waals surface area contributed by atoms with Gasteiger partial charge in [0, 0.05) is 11.6 Å². The Bertz CT molecular complexity index is 1190. The second kappa shape index (κ2) is 12.4. The van der Waals surface area contributed by atoms with Crippen molar-refractivity contribution in [2.75, 3.05) is 13.7 Å². The standard InChI is InChI=1S/C27H24N2O5/c1-3-17-33-23-13-11-22(12-14-23)27(31)29-28-19-21-9-15-24(25(18-21)32-2)34-26(30)16-10-20-7-5-4-6-8-20/h3-16,18-19H,1,17H2,2H3,(H,29,31). The summed E-state index contributed by atoms with van der Waals surface area (Å²) < 4.78 is 16.1. The van der Waals surface area contributed by atoms with Gasteiger partial charge in [-0.3, -0.25) is 4.79 Å². The van der Waals surface area contributed by atoms with Crippen molar-refractivity contribution in [2.24, 2.45) is 5.10 Å². The van der Waals surface area contributed by atoms with Gasteiger partial charge in [-0.25, -0.2) is 10.2 Å². The number of rotatable bonds is 10. The highest BCUT2D eigenvalue weighted by atomic mass is 16.6. The van der Waals surface area contributed by atoms with Crippen molar-refractivity contribution < 1.29 is 23.8 Å². The molecule has 1 N–H and O–H groups in total. The van der Waals surface area contributed by atoms with E-state index in [2.05, 4.69) is 17.1 Å². The van der Waals surface area contributed by atoms with Crippen LogP contribution in [-0.2, 0) is 4.79 Å². The highest BCUT2D eigenvalue weighted by Crippen LogP contribution is 2.27. The maximum atomic E-state index is 12.3. The summed E-state index contributed by atoms with van der Waals surface area (Å²) in [6, 6.07) is 21.0. The van der Waals surface area contributed by atoms with E-state index in [1.54, 1.807) is 54.6 Å². The van der Waals surface area contributed by atoms with E-state index in [-0.39, 0.29) is 11.7 Å². The number of hydrogen-bond donors (Lipinski definition) is 1. The van der Waals surface area contributed by atoms with Gasteiger partial charge in [0.25, 0.3) is 5.91 Å². The molecule has 3 rings (SSSR count). The fourth-order valence-electron chi connectivity index (χ4n) is 2.81. The van der Waals surface area contributed by atoms with Crippen LogP contribution < -0.4 is 19.6 Å². The molecule has 0 aliphatic rings. The van der Waals surface area contributed by atoms with E-state index in [4.69, 9.17) is 14.2 Å². The van der Waals surface area contributed by atoms with Crippen LogP contribution in [0.15, 0.2) is 96.6 Å². The molecule has 0 aromatic heterocycles. The zero-order valence-corrected chi connectivity index (χ0v) is 18.6. The predicted molar refractivity (Wildman–Crippen MR) is 131 cm³/mol. The largest absolute Gasteiger partial charge is 0.493 e. The number of nitrogens with zero attached hydrogens (tertiary/aromatic N) is 1. The Kier molecular flexibility index (Phi) is 8.76. The SMILES string of the molecule is C=CCOc1ccc(C(=O)NN=Cc2ccc(OC(=O)C=Cc3ccccc3)c(OC)c2)cc1. The lowest BCUT2D eigenvalue weighted by molar-refractivity contribution is -0.129. The molecule has 0 spiro atoms. The molecule has 0 fully saturated rings. The van der Waals surface area contributed by atoms with E-state index in [1.807, 2.05) is 30.3 Å². The number of nitrogens with one attached hydrogen (secondary N) is 1. The number of ether oxygens (including phenoxy) is 3. The molecule has 0 atom stereocenters. The van der Waals surface area contributed by atoms with E-state index in [1.165, 1.54) is 19.4 Å². The van der Waals surface area contributed by atoms with Crippen molar-refractivity contribution in [1.82, 2.24) is 5.43 Å². The normalized spacial score (nSPS) is 10.7. The Labute approximate surface area is 198 Å². The maximum absolute atomic E-state index is 12.3. The lowest BCUT2D eigenvalue weighted by atomic mass is 10.2. The van der Waals surface area contributed by atoms with Crippen LogP contribution in [0.5, 0.6) is 17.2 Å². The Morgan fingerprint density at radius 3 is 2.44 bits per heavy atom. The summed E-state index contributed by atoms with van der Waals surface area (Å²) in [5.41, 5.74) is 4.43. The highest BCUT2D eigenvalue weighted by molar-refractivity contribution is 5.95. The molecule has 0 radical (unpaired) electrons. The Balaban J connectivity index is 1.58. The van der Waals surface area contributed by atoms with Crippen LogP contribution >= 0.6 is 0 Å². The molecule has 7 heteroatoms. The monoisotopic (exact) mass is 456 g/mol. The van der Waals surface area contributed by atoms with E-state index in [0.29, 0.717) is 29.2 Å². The Hall–Kier alpha value is -4.65. The first-order chi connectivity index (χ1) is 16.6. The number of hydrogen-bond acceptors (Lipinski definition) is 6. The number of amides is 1. The number of esters is 1. The Morgan fingerprint density at radius 2 is 1.74 bits per heavy atom. The van der Waals surface area contributed by atoms with Crippen LogP contribution in [-0.4, -0.2) is 31.8 Å². The zero-order chi connectivity index (χ0) is 24.2. The topological polar surface area (TPSA) is 86.2 Å². The van der Waals surface area contributed by atoms with E-state index in [0.717, 1.165) is 5.56 Å². The fourth-order valence-corrected chi connectivity index (χ4v) is 2.81. The predicted octanol–water partition coefficient (Wildman–Crippen LogP) is 4.64. The quantitative estimate of drug-likeness (QED) is 0.120. The molecule has 0 aliphatic heterocycles. The minimum Gasteiger partial charge on any atom is -0.493 e. The molecule has 7 nitrogen and oxygen atoms in total. The molecular formula is C27H24N2O5. The van der Waals surface area contributed by atoms with Crippen molar-refractivity contribution >= 4 is 24.2 Å². The molecule has 34 heavy (non-hydrogen) atoms. The first-order valence-electron chi connectivity index (χ1n) is 10.4. The fraction of sp³-hybridized carbons (Fsp3) is 0.0741. The summed E-state index contributed by atoms with van der Waals surface area (Å²) in [7, 11) is 1.47. The summed E-state index contributed by atoms with van der Waals surface area (Å²) >= 11 is 0. The van der Waals surface area contributed by atoms with Crippen LogP contribution in [0.3, 0.4) is 0 Å². The van der Waals surface area contributed by atoms with Gasteiger partial charge in [0.15, 0.2) is 11.5 Å². The zero-order valence-electron chi connectivity index (χ0n) is 18.6. The minimum absolute atomic E-state index is 0.269. The van der Waals surface area contributed by atoms with Crippen molar-refractivity contribution in [3.63, 3.8) is 0 Å². The lowest BCUT2D eigenvalue weighted by Gasteiger charge is -2.08. The first-order valence-corrected chi connectivity index (χ1v) is 10.4. The average molecular weight is 456 g/mol. The summed E-state index contributed by atoms with van der Waals surface area (Å²) in [5, 5.41) is 3.98. The van der Waals surface area contributed by atoms with Gasteiger partial charge >= 0.3 is 5.97 Å². The molecule has 0 aliphatic carbocycles. The summed E-state index contributed by atoms with van der Waals surface area (Å²) in [5.74, 6) is 0.367. The van der Waals surface area contributed by atoms with Crippen LogP contribution in [0, 0.1) is 0 Å². The molecule has 0 saturated heterocycles. The van der Waals surface area contributed by atoms with Crippen LogP contribution in [0.4, 0.5) is 0 Å². The van der Waals surface area contributed by atoms with Gasteiger partial charge in [0.05, 0.1) is 13.3 Å². The molecule has 172 valence electrons. The number of methoxy groups -OCH3 is 1. The molecule has 1 amide bonds. The summed E-state index contributed by atoms with van der Waals surface area (Å²) in [4.78, 5) is 24.4. The smallest absolute Gasteiger partial charge is 0.336 e. The van der Waals surface area contributed by atoms with Gasteiger partial charge in [0.2, 0.25) is 0 Å². The van der Waals surface area contributed by atoms with Gasteiger partial charge in [0.1, 0.15) is 12.4 Å². The Morgan fingerprint density at radius 1 is 0.971 bits per heavy atom. The molecule has 3 aromatic carbocycles. The third kappa shape index (κ3) is 7.20. The first kappa shape index (κ1) is 24.0. The third-order valence-electron chi connectivity index (χ3n) is 4.47. The second-order valence-electron chi connectivity index (χ2n) is 6.90. The summed E-state index contributed by atoms with van der Waals surface area (Å²) in [6.07, 6.45) is 6.12. The van der Waals surface area contributed by atoms with Gasteiger partial charge in [-0.15, -0.1) is 0 Å². The molecule has 0 saturated carbocycles. The number of benzene rings is 3. The van der Waals surface area contributed by atoms with E-state index < -0.39 is 5.97 Å². The number of carbonyl (C=O) groups is 2. The van der Waals surface area contributed by atoms with Gasteiger partial charge in [-0.2, -0.15) is 5.10 Å². The lowest BCUT2D eigenvalue weighted by Crippen LogP contribution is -2.17. The van der Waals surface area contributed by atoms with Crippen molar-refractivity contribution in [2.45, 2.75) is 0 Å². The van der Waals surface area contributed by atoms with Crippen molar-refractivity contribution in [3.8, 4) is 17.2 Å². The van der Waals surface area contributed by atoms with Crippen molar-refractivity contribution in [1.29, 1.82) is 0 Å². The average Bonchev–Trinajstić information content (AvgIpc) is 2.87. The molecule has 0 unspecified atom stereocenters. The maximum Gasteiger partial charge on any atom is 0.336 e. The molecule has 0 heterocycles. The van der Waals surface area contributed by atoms with Crippen LogP contribution in [0.2, 0.25) is 0 Å². The second-order valence-corrected chi connectivity index (χ2v) is 6.90. The van der Waals surface area contributed by atoms with Crippen molar-refractivity contribution in [3.05, 3.63) is 108 Å². The summed E-state index contributed by atoms with van der Waals surface area (Å²) in [6.45, 7) is 3.98.